The predicted molar refractivity (Wildman–Crippen MR) is 39.5 cm³/mol. The molecule has 0 aromatic heterocycles. The van der Waals surface area contributed by atoms with Gasteiger partial charge in [-0.15, -0.1) is 0 Å². The number of carbonyl (C=O) groups is 2. The van der Waals surface area contributed by atoms with Gasteiger partial charge in [0.2, 0.25) is 0 Å². The third-order valence-electron chi connectivity index (χ3n) is 2.33. The van der Waals surface area contributed by atoms with Crippen LogP contribution in [0.15, 0.2) is 0 Å². The number of alkyl halides is 3. The van der Waals surface area contributed by atoms with Gasteiger partial charge in [-0.2, -0.15) is 13.2 Å². The van der Waals surface area contributed by atoms with Crippen LogP contribution in [0.1, 0.15) is 19.3 Å². The Kier molecular flexibility index (Phi) is 2.82. The molecule has 1 aliphatic rings. The Morgan fingerprint density at radius 2 is 1.93 bits per heavy atom. The van der Waals surface area contributed by atoms with Crippen molar-refractivity contribution < 1.29 is 27.9 Å². The van der Waals surface area contributed by atoms with Crippen LogP contribution in [0.2, 0.25) is 0 Å². The molecule has 1 rings (SSSR count). The maximum absolute atomic E-state index is 12.2. The van der Waals surface area contributed by atoms with Gasteiger partial charge in [0.1, 0.15) is 5.78 Å². The molecule has 0 heterocycles. The van der Waals surface area contributed by atoms with Gasteiger partial charge >= 0.3 is 12.1 Å². The quantitative estimate of drug-likeness (QED) is 0.715. The van der Waals surface area contributed by atoms with E-state index in [4.69, 9.17) is 5.11 Å². The molecule has 0 aromatic carbocycles. The molecule has 3 nitrogen and oxygen atoms in total. The van der Waals surface area contributed by atoms with E-state index in [1.807, 2.05) is 0 Å². The van der Waals surface area contributed by atoms with Gasteiger partial charge < -0.3 is 5.11 Å². The monoisotopic (exact) mass is 210 g/mol. The molecular formula is C8H9F3O3. The molecule has 1 saturated carbocycles. The minimum atomic E-state index is -4.47. The number of hydrogen-bond donors (Lipinski definition) is 1. The van der Waals surface area contributed by atoms with Crippen molar-refractivity contribution in [2.24, 2.45) is 11.8 Å². The van der Waals surface area contributed by atoms with Gasteiger partial charge in [-0.1, -0.05) is 0 Å². The minimum Gasteiger partial charge on any atom is -0.481 e. The van der Waals surface area contributed by atoms with Gasteiger partial charge in [0.05, 0.1) is 11.8 Å². The third kappa shape index (κ3) is 2.46. The maximum Gasteiger partial charge on any atom is 0.392 e. The van der Waals surface area contributed by atoms with Crippen LogP contribution in [0.4, 0.5) is 13.2 Å². The van der Waals surface area contributed by atoms with Crippen molar-refractivity contribution in [3.8, 4) is 0 Å². The lowest BCUT2D eigenvalue weighted by molar-refractivity contribution is -0.189. The Hall–Kier alpha value is -1.07. The highest BCUT2D eigenvalue weighted by Crippen LogP contribution is 2.38. The van der Waals surface area contributed by atoms with E-state index < -0.39 is 42.6 Å². The summed E-state index contributed by atoms with van der Waals surface area (Å²) in [6.45, 7) is 0. The zero-order chi connectivity index (χ0) is 10.9. The number of ketones is 1. The van der Waals surface area contributed by atoms with E-state index >= 15 is 0 Å². The van der Waals surface area contributed by atoms with Crippen molar-refractivity contribution in [3.05, 3.63) is 0 Å². The number of Topliss-reactive ketones (excluding diaryl/α,β-unsaturated/α-hetero) is 1. The second kappa shape index (κ2) is 3.59. The van der Waals surface area contributed by atoms with Gasteiger partial charge in [0, 0.05) is 12.8 Å². The summed E-state index contributed by atoms with van der Waals surface area (Å²) in [5, 5.41) is 8.52. The van der Waals surface area contributed by atoms with Crippen LogP contribution in [-0.4, -0.2) is 23.0 Å². The van der Waals surface area contributed by atoms with Gasteiger partial charge in [0.25, 0.3) is 0 Å². The van der Waals surface area contributed by atoms with Gasteiger partial charge in [-0.05, 0) is 6.42 Å². The Morgan fingerprint density at radius 3 is 2.36 bits per heavy atom. The smallest absolute Gasteiger partial charge is 0.392 e. The van der Waals surface area contributed by atoms with Gasteiger partial charge in [-0.3, -0.25) is 9.59 Å². The minimum absolute atomic E-state index is 0.276. The fourth-order valence-corrected chi connectivity index (χ4v) is 1.58. The molecule has 14 heavy (non-hydrogen) atoms. The number of carbonyl (C=O) groups excluding carboxylic acids is 1. The molecule has 0 unspecified atom stereocenters. The molecule has 2 atom stereocenters. The summed E-state index contributed by atoms with van der Waals surface area (Å²) in [6, 6.07) is 0. The topological polar surface area (TPSA) is 54.4 Å². The first-order chi connectivity index (χ1) is 6.30. The lowest BCUT2D eigenvalue weighted by Crippen LogP contribution is -2.35. The summed E-state index contributed by atoms with van der Waals surface area (Å²) in [5.74, 6) is -4.91. The molecule has 0 saturated heterocycles. The van der Waals surface area contributed by atoms with Crippen molar-refractivity contribution >= 4 is 11.8 Å². The molecule has 1 aliphatic carbocycles. The molecule has 80 valence electrons. The molecular weight excluding hydrogens is 201 g/mol. The molecule has 0 aliphatic heterocycles. The van der Waals surface area contributed by atoms with Crippen molar-refractivity contribution in [2.75, 3.05) is 0 Å². The zero-order valence-electron chi connectivity index (χ0n) is 7.17. The van der Waals surface area contributed by atoms with Crippen molar-refractivity contribution in [1.82, 2.24) is 0 Å². The number of halogens is 3. The summed E-state index contributed by atoms with van der Waals surface area (Å²) in [7, 11) is 0. The van der Waals surface area contributed by atoms with Crippen LogP contribution in [-0.2, 0) is 9.59 Å². The Labute approximate surface area is 77.9 Å². The first kappa shape index (κ1) is 11.0. The average molecular weight is 210 g/mol. The highest BCUT2D eigenvalue weighted by atomic mass is 19.4. The van der Waals surface area contributed by atoms with Crippen LogP contribution < -0.4 is 0 Å². The van der Waals surface area contributed by atoms with Crippen LogP contribution >= 0.6 is 0 Å². The van der Waals surface area contributed by atoms with Crippen molar-refractivity contribution in [3.63, 3.8) is 0 Å². The fraction of sp³-hybridized carbons (Fsp3) is 0.750. The number of carboxylic acid groups (broad SMARTS) is 1. The molecule has 0 bridgehead atoms. The zero-order valence-corrected chi connectivity index (χ0v) is 7.17. The highest BCUT2D eigenvalue weighted by molar-refractivity contribution is 5.85. The fourth-order valence-electron chi connectivity index (χ4n) is 1.58. The van der Waals surface area contributed by atoms with E-state index in [1.165, 1.54) is 0 Å². The number of carboxylic acids is 1. The second-order valence-electron chi connectivity index (χ2n) is 3.46. The number of aliphatic carboxylic acids is 1. The van der Waals surface area contributed by atoms with Crippen LogP contribution in [0.3, 0.4) is 0 Å². The highest BCUT2D eigenvalue weighted by Gasteiger charge is 2.46. The molecule has 1 N–H and O–H groups in total. The normalized spacial score (nSPS) is 28.9. The largest absolute Gasteiger partial charge is 0.481 e. The van der Waals surface area contributed by atoms with Gasteiger partial charge in [0.15, 0.2) is 0 Å². The van der Waals surface area contributed by atoms with Crippen molar-refractivity contribution in [2.45, 2.75) is 25.4 Å². The molecule has 0 aromatic rings. The van der Waals surface area contributed by atoms with E-state index in [0.29, 0.717) is 0 Å². The summed E-state index contributed by atoms with van der Waals surface area (Å²) < 4.78 is 36.6. The standard InChI is InChI=1S/C8H9F3O3/c9-8(10,11)5-1-4(7(13)14)2-6(12)3-5/h4-5H,1-3H2,(H,13,14)/t4-,5-/m1/s1. The summed E-state index contributed by atoms with van der Waals surface area (Å²) in [6.07, 6.45) is -5.80. The molecule has 0 radical (unpaired) electrons. The Morgan fingerprint density at radius 1 is 1.36 bits per heavy atom. The first-order valence-corrected chi connectivity index (χ1v) is 4.12. The van der Waals surface area contributed by atoms with Crippen LogP contribution in [0.5, 0.6) is 0 Å². The summed E-state index contributed by atoms with van der Waals surface area (Å²) >= 11 is 0. The van der Waals surface area contributed by atoms with E-state index in [2.05, 4.69) is 0 Å². The first-order valence-electron chi connectivity index (χ1n) is 4.12. The van der Waals surface area contributed by atoms with E-state index in [-0.39, 0.29) is 6.42 Å². The lowest BCUT2D eigenvalue weighted by Gasteiger charge is -2.27. The predicted octanol–water partition coefficient (Wildman–Crippen LogP) is 1.62. The van der Waals surface area contributed by atoms with Crippen LogP contribution in [0.25, 0.3) is 0 Å². The van der Waals surface area contributed by atoms with Gasteiger partial charge in [-0.25, -0.2) is 0 Å². The van der Waals surface area contributed by atoms with E-state index in [0.717, 1.165) is 0 Å². The number of rotatable bonds is 1. The second-order valence-corrected chi connectivity index (χ2v) is 3.46. The third-order valence-corrected chi connectivity index (χ3v) is 2.33. The lowest BCUT2D eigenvalue weighted by atomic mass is 9.80. The molecule has 0 amide bonds. The maximum atomic E-state index is 12.2. The Bertz CT molecular complexity index is 259. The average Bonchev–Trinajstić information content (AvgIpc) is 2.01. The Balaban J connectivity index is 2.73. The van der Waals surface area contributed by atoms with Crippen LogP contribution in [0, 0.1) is 11.8 Å². The van der Waals surface area contributed by atoms with E-state index in [1.54, 1.807) is 0 Å². The van der Waals surface area contributed by atoms with Crippen molar-refractivity contribution in [1.29, 1.82) is 0 Å². The number of hydrogen-bond acceptors (Lipinski definition) is 2. The molecule has 6 heteroatoms. The SMILES string of the molecule is O=C1C[C@H](C(=O)O)C[C@@H](C(F)(F)F)C1. The van der Waals surface area contributed by atoms with E-state index in [9.17, 15) is 22.8 Å². The molecule has 1 fully saturated rings. The summed E-state index contributed by atoms with van der Waals surface area (Å²) in [4.78, 5) is 21.3. The molecule has 0 spiro atoms. The summed E-state index contributed by atoms with van der Waals surface area (Å²) in [5.41, 5.74) is 0.